The van der Waals surface area contributed by atoms with Crippen LogP contribution in [0, 0.1) is 5.82 Å². The van der Waals surface area contributed by atoms with Crippen LogP contribution in [0.25, 0.3) is 0 Å². The number of hydrogen-bond acceptors (Lipinski definition) is 3. The summed E-state index contributed by atoms with van der Waals surface area (Å²) >= 11 is 0. The number of rotatable bonds is 2. The van der Waals surface area contributed by atoms with Crippen molar-refractivity contribution in [3.63, 3.8) is 0 Å². The Balaban J connectivity index is 3.03. The molecule has 0 fully saturated rings. The number of esters is 1. The van der Waals surface area contributed by atoms with Gasteiger partial charge in [0.15, 0.2) is 0 Å². The van der Waals surface area contributed by atoms with Crippen molar-refractivity contribution in [1.82, 2.24) is 0 Å². The van der Waals surface area contributed by atoms with Crippen LogP contribution >= 0.6 is 0 Å². The van der Waals surface area contributed by atoms with E-state index in [4.69, 9.17) is 5.73 Å². The van der Waals surface area contributed by atoms with Crippen molar-refractivity contribution in [2.24, 2.45) is 5.73 Å². The molecule has 0 saturated carbocycles. The number of halogens is 1. The quantitative estimate of drug-likeness (QED) is 0.724. The third-order valence-electron chi connectivity index (χ3n) is 2.05. The van der Waals surface area contributed by atoms with Crippen LogP contribution in [0.5, 0.6) is 0 Å². The molecule has 76 valence electrons. The molecule has 3 nitrogen and oxygen atoms in total. The summed E-state index contributed by atoms with van der Waals surface area (Å²) < 4.78 is 17.1. The van der Waals surface area contributed by atoms with E-state index in [0.717, 1.165) is 0 Å². The van der Waals surface area contributed by atoms with Gasteiger partial charge in [0.1, 0.15) is 11.4 Å². The molecule has 0 aromatic heterocycles. The van der Waals surface area contributed by atoms with E-state index < -0.39 is 11.5 Å². The lowest BCUT2D eigenvalue weighted by atomic mass is 9.93. The Morgan fingerprint density at radius 1 is 1.43 bits per heavy atom. The second kappa shape index (κ2) is 3.75. The van der Waals surface area contributed by atoms with Crippen molar-refractivity contribution in [2.75, 3.05) is 7.11 Å². The monoisotopic (exact) mass is 197 g/mol. The second-order valence-corrected chi connectivity index (χ2v) is 3.20. The van der Waals surface area contributed by atoms with E-state index in [0.29, 0.717) is 5.56 Å². The largest absolute Gasteiger partial charge is 0.467 e. The molecule has 0 aliphatic rings. The Kier molecular flexibility index (Phi) is 2.86. The van der Waals surface area contributed by atoms with Gasteiger partial charge in [-0.1, -0.05) is 12.1 Å². The van der Waals surface area contributed by atoms with E-state index in [1.165, 1.54) is 38.3 Å². The van der Waals surface area contributed by atoms with Crippen LogP contribution < -0.4 is 5.73 Å². The minimum atomic E-state index is -1.23. The first-order chi connectivity index (χ1) is 6.48. The van der Waals surface area contributed by atoms with Crippen molar-refractivity contribution in [2.45, 2.75) is 12.5 Å². The molecule has 0 spiro atoms. The summed E-state index contributed by atoms with van der Waals surface area (Å²) in [6, 6.07) is 5.44. The van der Waals surface area contributed by atoms with Crippen molar-refractivity contribution < 1.29 is 13.9 Å². The highest BCUT2D eigenvalue weighted by Gasteiger charge is 2.31. The van der Waals surface area contributed by atoms with E-state index in [2.05, 4.69) is 4.74 Å². The predicted octanol–water partition coefficient (Wildman–Crippen LogP) is 1.17. The fourth-order valence-electron chi connectivity index (χ4n) is 1.13. The van der Waals surface area contributed by atoms with Gasteiger partial charge in [0, 0.05) is 0 Å². The average Bonchev–Trinajstić information content (AvgIpc) is 2.17. The third kappa shape index (κ3) is 1.90. The molecule has 1 rings (SSSR count). The molecule has 0 bridgehead atoms. The molecule has 14 heavy (non-hydrogen) atoms. The van der Waals surface area contributed by atoms with Gasteiger partial charge < -0.3 is 10.5 Å². The smallest absolute Gasteiger partial charge is 0.330 e. The number of nitrogens with two attached hydrogens (primary N) is 1. The number of methoxy groups -OCH3 is 1. The number of benzene rings is 1. The highest BCUT2D eigenvalue weighted by Crippen LogP contribution is 2.19. The maximum atomic E-state index is 12.6. The van der Waals surface area contributed by atoms with Crippen LogP contribution in [0.3, 0.4) is 0 Å². The fourth-order valence-corrected chi connectivity index (χ4v) is 1.13. The van der Waals surface area contributed by atoms with Crippen molar-refractivity contribution in [1.29, 1.82) is 0 Å². The second-order valence-electron chi connectivity index (χ2n) is 3.20. The predicted molar refractivity (Wildman–Crippen MR) is 50.0 cm³/mol. The van der Waals surface area contributed by atoms with E-state index in [1.54, 1.807) is 0 Å². The number of carbonyl (C=O) groups is 1. The zero-order valence-corrected chi connectivity index (χ0v) is 8.08. The number of carbonyl (C=O) groups excluding carboxylic acids is 1. The van der Waals surface area contributed by atoms with Gasteiger partial charge in [-0.2, -0.15) is 0 Å². The minimum absolute atomic E-state index is 0.366. The molecule has 0 aliphatic carbocycles. The van der Waals surface area contributed by atoms with E-state index in [-0.39, 0.29) is 5.82 Å². The van der Waals surface area contributed by atoms with Crippen molar-refractivity contribution in [3.8, 4) is 0 Å². The van der Waals surface area contributed by atoms with Crippen LogP contribution in [0.4, 0.5) is 4.39 Å². The lowest BCUT2D eigenvalue weighted by Gasteiger charge is -2.21. The van der Waals surface area contributed by atoms with Crippen LogP contribution in [0.1, 0.15) is 12.5 Å². The maximum absolute atomic E-state index is 12.6. The first kappa shape index (κ1) is 10.7. The van der Waals surface area contributed by atoms with Crippen LogP contribution in [0.2, 0.25) is 0 Å². The standard InChI is InChI=1S/C10H12FNO2/c1-10(12,9(13)14-2)7-3-5-8(11)6-4-7/h3-6H,12H2,1-2H3/t10-/m1/s1. The van der Waals surface area contributed by atoms with Crippen molar-refractivity contribution in [3.05, 3.63) is 35.6 Å². The van der Waals surface area contributed by atoms with Gasteiger partial charge in [-0.15, -0.1) is 0 Å². The molecule has 0 aliphatic heterocycles. The molecule has 2 N–H and O–H groups in total. The first-order valence-corrected chi connectivity index (χ1v) is 4.12. The molecule has 0 amide bonds. The highest BCUT2D eigenvalue weighted by molar-refractivity contribution is 5.81. The summed E-state index contributed by atoms with van der Waals surface area (Å²) in [5, 5.41) is 0. The number of hydrogen-bond donors (Lipinski definition) is 1. The van der Waals surface area contributed by atoms with Gasteiger partial charge in [-0.3, -0.25) is 0 Å². The summed E-state index contributed by atoms with van der Waals surface area (Å²) in [5.74, 6) is -0.918. The van der Waals surface area contributed by atoms with Crippen LogP contribution in [-0.4, -0.2) is 13.1 Å². The first-order valence-electron chi connectivity index (χ1n) is 4.12. The molecule has 0 radical (unpaired) electrons. The average molecular weight is 197 g/mol. The summed E-state index contributed by atoms with van der Waals surface area (Å²) in [4.78, 5) is 11.3. The van der Waals surface area contributed by atoms with Crippen LogP contribution in [0.15, 0.2) is 24.3 Å². The van der Waals surface area contributed by atoms with Crippen molar-refractivity contribution >= 4 is 5.97 Å². The lowest BCUT2D eigenvalue weighted by molar-refractivity contribution is -0.146. The van der Waals surface area contributed by atoms with Gasteiger partial charge in [0.2, 0.25) is 0 Å². The molecular formula is C10H12FNO2. The molecular weight excluding hydrogens is 185 g/mol. The van der Waals surface area contributed by atoms with Gasteiger partial charge >= 0.3 is 5.97 Å². The zero-order chi connectivity index (χ0) is 10.8. The molecule has 1 aromatic rings. The highest BCUT2D eigenvalue weighted by atomic mass is 19.1. The summed E-state index contributed by atoms with van der Waals surface area (Å²) in [7, 11) is 1.26. The lowest BCUT2D eigenvalue weighted by Crippen LogP contribution is -2.42. The van der Waals surface area contributed by atoms with E-state index in [9.17, 15) is 9.18 Å². The molecule has 1 atom stereocenters. The Labute approximate surface area is 81.7 Å². The Morgan fingerprint density at radius 2 is 1.93 bits per heavy atom. The van der Waals surface area contributed by atoms with Crippen LogP contribution in [-0.2, 0) is 15.1 Å². The van der Waals surface area contributed by atoms with E-state index in [1.807, 2.05) is 0 Å². The third-order valence-corrected chi connectivity index (χ3v) is 2.05. The zero-order valence-electron chi connectivity index (χ0n) is 8.08. The Hall–Kier alpha value is -1.42. The van der Waals surface area contributed by atoms with E-state index >= 15 is 0 Å². The minimum Gasteiger partial charge on any atom is -0.467 e. The maximum Gasteiger partial charge on any atom is 0.330 e. The molecule has 4 heteroatoms. The SMILES string of the molecule is COC(=O)[C@](C)(N)c1ccc(F)cc1. The summed E-state index contributed by atoms with van der Waals surface area (Å²) in [5.41, 5.74) is 5.03. The molecule has 1 aromatic carbocycles. The number of ether oxygens (including phenoxy) is 1. The molecule has 0 unspecified atom stereocenters. The van der Waals surface area contributed by atoms with Gasteiger partial charge in [0.25, 0.3) is 0 Å². The fraction of sp³-hybridized carbons (Fsp3) is 0.300. The Bertz CT molecular complexity index is 332. The summed E-state index contributed by atoms with van der Waals surface area (Å²) in [6.45, 7) is 1.52. The summed E-state index contributed by atoms with van der Waals surface area (Å²) in [6.07, 6.45) is 0. The van der Waals surface area contributed by atoms with Gasteiger partial charge in [-0.05, 0) is 24.6 Å². The normalized spacial score (nSPS) is 14.6. The topological polar surface area (TPSA) is 52.3 Å². The molecule has 0 saturated heterocycles. The van der Waals surface area contributed by atoms with Gasteiger partial charge in [-0.25, -0.2) is 9.18 Å². The van der Waals surface area contributed by atoms with Gasteiger partial charge in [0.05, 0.1) is 7.11 Å². The Morgan fingerprint density at radius 3 is 2.36 bits per heavy atom. The molecule has 0 heterocycles.